The van der Waals surface area contributed by atoms with Gasteiger partial charge >= 0.3 is 0 Å². The van der Waals surface area contributed by atoms with Crippen LogP contribution in [0.1, 0.15) is 33.6 Å². The van der Waals surface area contributed by atoms with Gasteiger partial charge in [-0.15, -0.1) is 22.7 Å². The van der Waals surface area contributed by atoms with Gasteiger partial charge in [0.15, 0.2) is 0 Å². The van der Waals surface area contributed by atoms with Gasteiger partial charge < -0.3 is 4.90 Å². The third kappa shape index (κ3) is 2.43. The Morgan fingerprint density at radius 2 is 2.09 bits per heavy atom. The normalized spacial score (nSPS) is 18.2. The second-order valence-corrected chi connectivity index (χ2v) is 8.06. The second kappa shape index (κ2) is 5.65. The highest BCUT2D eigenvalue weighted by Crippen LogP contribution is 2.38. The lowest BCUT2D eigenvalue weighted by atomic mass is 10.2. The number of hydrogen-bond acceptors (Lipinski definition) is 4. The van der Waals surface area contributed by atoms with Crippen LogP contribution in [0.4, 0.5) is 0 Å². The van der Waals surface area contributed by atoms with E-state index in [2.05, 4.69) is 6.07 Å². The molecule has 1 aliphatic rings. The molecular weight excluding hydrogens is 336 g/mol. The van der Waals surface area contributed by atoms with Gasteiger partial charge in [0.1, 0.15) is 5.01 Å². The van der Waals surface area contributed by atoms with Crippen LogP contribution in [-0.4, -0.2) is 22.3 Å². The number of benzene rings is 1. The van der Waals surface area contributed by atoms with E-state index in [0.29, 0.717) is 9.21 Å². The molecule has 1 atom stereocenters. The molecule has 4 rings (SSSR count). The number of aromatic nitrogens is 1. The van der Waals surface area contributed by atoms with E-state index >= 15 is 0 Å². The lowest BCUT2D eigenvalue weighted by molar-refractivity contribution is 0.0740. The molecule has 112 valence electrons. The van der Waals surface area contributed by atoms with Crippen molar-refractivity contribution in [2.24, 2.45) is 0 Å². The number of thiazole rings is 1. The van der Waals surface area contributed by atoms with Crippen molar-refractivity contribution in [3.05, 3.63) is 50.6 Å². The van der Waals surface area contributed by atoms with E-state index in [1.165, 1.54) is 16.0 Å². The van der Waals surface area contributed by atoms with Crippen molar-refractivity contribution >= 4 is 50.4 Å². The summed E-state index contributed by atoms with van der Waals surface area (Å²) in [5.74, 6) is 0.0682. The van der Waals surface area contributed by atoms with Crippen LogP contribution >= 0.6 is 34.3 Å². The SMILES string of the molecule is O=C(c1ccc(Cl)s1)N1CCCC1c1nc2ccccc2s1. The summed E-state index contributed by atoms with van der Waals surface area (Å²) in [4.78, 5) is 20.1. The second-order valence-electron chi connectivity index (χ2n) is 5.28. The van der Waals surface area contributed by atoms with Crippen LogP contribution in [0, 0.1) is 0 Å². The summed E-state index contributed by atoms with van der Waals surface area (Å²) in [6, 6.07) is 11.8. The third-order valence-electron chi connectivity index (χ3n) is 3.89. The quantitative estimate of drug-likeness (QED) is 0.653. The molecule has 0 radical (unpaired) electrons. The number of halogens is 1. The molecule has 0 bridgehead atoms. The molecule has 0 spiro atoms. The molecule has 1 unspecified atom stereocenters. The minimum absolute atomic E-state index is 0.0682. The minimum atomic E-state index is 0.0682. The summed E-state index contributed by atoms with van der Waals surface area (Å²) >= 11 is 8.99. The van der Waals surface area contributed by atoms with Gasteiger partial charge in [0.05, 0.1) is 25.5 Å². The van der Waals surface area contributed by atoms with Crippen molar-refractivity contribution in [1.29, 1.82) is 0 Å². The highest BCUT2D eigenvalue weighted by Gasteiger charge is 2.33. The smallest absolute Gasteiger partial charge is 0.264 e. The van der Waals surface area contributed by atoms with Crippen molar-refractivity contribution in [2.45, 2.75) is 18.9 Å². The maximum Gasteiger partial charge on any atom is 0.264 e. The van der Waals surface area contributed by atoms with Crippen LogP contribution in [0.15, 0.2) is 36.4 Å². The van der Waals surface area contributed by atoms with Gasteiger partial charge in [-0.3, -0.25) is 4.79 Å². The van der Waals surface area contributed by atoms with Gasteiger partial charge in [-0.05, 0) is 37.1 Å². The first kappa shape index (κ1) is 14.2. The summed E-state index contributed by atoms with van der Waals surface area (Å²) in [7, 11) is 0. The number of nitrogens with zero attached hydrogens (tertiary/aromatic N) is 2. The Bertz CT molecular complexity index is 808. The summed E-state index contributed by atoms with van der Waals surface area (Å²) in [6.45, 7) is 0.787. The Balaban J connectivity index is 1.67. The average Bonchev–Trinajstić information content (AvgIpc) is 3.24. The van der Waals surface area contributed by atoms with Gasteiger partial charge in [-0.2, -0.15) is 0 Å². The van der Waals surface area contributed by atoms with Crippen LogP contribution in [0.25, 0.3) is 10.2 Å². The number of carbonyl (C=O) groups excluding carboxylic acids is 1. The van der Waals surface area contributed by atoms with E-state index in [9.17, 15) is 4.79 Å². The van der Waals surface area contributed by atoms with Crippen LogP contribution in [-0.2, 0) is 0 Å². The Labute approximate surface area is 141 Å². The number of rotatable bonds is 2. The molecule has 3 heterocycles. The maximum absolute atomic E-state index is 12.7. The zero-order chi connectivity index (χ0) is 15.1. The maximum atomic E-state index is 12.7. The summed E-state index contributed by atoms with van der Waals surface area (Å²) in [6.07, 6.45) is 2.00. The molecule has 6 heteroatoms. The zero-order valence-electron chi connectivity index (χ0n) is 11.7. The summed E-state index contributed by atoms with van der Waals surface area (Å²) in [5, 5.41) is 1.04. The van der Waals surface area contributed by atoms with Crippen molar-refractivity contribution in [2.75, 3.05) is 6.54 Å². The molecule has 1 fully saturated rings. The van der Waals surface area contributed by atoms with E-state index < -0.39 is 0 Å². The van der Waals surface area contributed by atoms with Crippen LogP contribution in [0.3, 0.4) is 0 Å². The first-order chi connectivity index (χ1) is 10.7. The van der Waals surface area contributed by atoms with Gasteiger partial charge in [0.25, 0.3) is 5.91 Å². The molecule has 22 heavy (non-hydrogen) atoms. The average molecular weight is 349 g/mol. The number of hydrogen-bond donors (Lipinski definition) is 0. The summed E-state index contributed by atoms with van der Waals surface area (Å²) < 4.78 is 1.83. The molecule has 0 N–H and O–H groups in total. The predicted octanol–water partition coefficient (Wildman–Crippen LogP) is 4.99. The Morgan fingerprint density at radius 1 is 1.23 bits per heavy atom. The molecule has 3 aromatic rings. The highest BCUT2D eigenvalue weighted by molar-refractivity contribution is 7.18. The molecular formula is C16H13ClN2OS2. The lowest BCUT2D eigenvalue weighted by Crippen LogP contribution is -2.29. The number of amides is 1. The fourth-order valence-electron chi connectivity index (χ4n) is 2.87. The van der Waals surface area contributed by atoms with Gasteiger partial charge in [0, 0.05) is 6.54 Å². The number of likely N-dealkylation sites (tertiary alicyclic amines) is 1. The number of fused-ring (bicyclic) bond motifs is 1. The molecule has 1 saturated heterocycles. The first-order valence-corrected chi connectivity index (χ1v) is 9.15. The van der Waals surface area contributed by atoms with Crippen molar-refractivity contribution in [3.63, 3.8) is 0 Å². The zero-order valence-corrected chi connectivity index (χ0v) is 14.0. The predicted molar refractivity (Wildman–Crippen MR) is 92.0 cm³/mol. The topological polar surface area (TPSA) is 33.2 Å². The lowest BCUT2D eigenvalue weighted by Gasteiger charge is -2.22. The summed E-state index contributed by atoms with van der Waals surface area (Å²) in [5.41, 5.74) is 1.01. The highest BCUT2D eigenvalue weighted by atomic mass is 35.5. The Kier molecular flexibility index (Phi) is 3.64. The fourth-order valence-corrected chi connectivity index (χ4v) is 4.98. The Hall–Kier alpha value is -1.43. The van der Waals surface area contributed by atoms with Crippen molar-refractivity contribution < 1.29 is 4.79 Å². The van der Waals surface area contributed by atoms with Crippen LogP contribution in [0.5, 0.6) is 0 Å². The monoisotopic (exact) mass is 348 g/mol. The molecule has 1 amide bonds. The number of carbonyl (C=O) groups is 1. The van der Waals surface area contributed by atoms with Gasteiger partial charge in [-0.25, -0.2) is 4.98 Å². The molecule has 1 aliphatic heterocycles. The molecule has 0 saturated carbocycles. The number of thiophene rings is 1. The standard InChI is InChI=1S/C16H13ClN2OS2/c17-14-8-7-13(21-14)16(20)19-9-3-5-11(19)15-18-10-4-1-2-6-12(10)22-15/h1-2,4,6-8,11H,3,5,9H2. The Morgan fingerprint density at radius 3 is 2.86 bits per heavy atom. The number of para-hydroxylation sites is 1. The fraction of sp³-hybridized carbons (Fsp3) is 0.250. The van der Waals surface area contributed by atoms with E-state index in [1.807, 2.05) is 29.2 Å². The van der Waals surface area contributed by atoms with Crippen LogP contribution in [0.2, 0.25) is 4.34 Å². The molecule has 3 nitrogen and oxygen atoms in total. The van der Waals surface area contributed by atoms with Gasteiger partial charge in [0.2, 0.25) is 0 Å². The van der Waals surface area contributed by atoms with Crippen molar-refractivity contribution in [1.82, 2.24) is 9.88 Å². The third-order valence-corrected chi connectivity index (χ3v) is 6.25. The van der Waals surface area contributed by atoms with E-state index in [-0.39, 0.29) is 11.9 Å². The molecule has 0 aliphatic carbocycles. The van der Waals surface area contributed by atoms with E-state index in [1.54, 1.807) is 17.4 Å². The van der Waals surface area contributed by atoms with Crippen molar-refractivity contribution in [3.8, 4) is 0 Å². The van der Waals surface area contributed by atoms with E-state index in [4.69, 9.17) is 16.6 Å². The molecule has 2 aromatic heterocycles. The van der Waals surface area contributed by atoms with Gasteiger partial charge in [-0.1, -0.05) is 23.7 Å². The van der Waals surface area contributed by atoms with Crippen LogP contribution < -0.4 is 0 Å². The minimum Gasteiger partial charge on any atom is -0.328 e. The molecule has 1 aromatic carbocycles. The van der Waals surface area contributed by atoms with E-state index in [0.717, 1.165) is 29.9 Å². The largest absolute Gasteiger partial charge is 0.328 e. The first-order valence-electron chi connectivity index (χ1n) is 7.14.